The Bertz CT molecular complexity index is 1130. The van der Waals surface area contributed by atoms with Gasteiger partial charge >= 0.3 is 0 Å². The van der Waals surface area contributed by atoms with Gasteiger partial charge in [0.25, 0.3) is 0 Å². The van der Waals surface area contributed by atoms with E-state index in [4.69, 9.17) is 4.98 Å². The monoisotopic (exact) mass is 468 g/mol. The summed E-state index contributed by atoms with van der Waals surface area (Å²) in [5, 5.41) is 3.75. The van der Waals surface area contributed by atoms with Crippen molar-refractivity contribution in [2.75, 3.05) is 38.1 Å². The summed E-state index contributed by atoms with van der Waals surface area (Å²) < 4.78 is 0. The highest BCUT2D eigenvalue weighted by molar-refractivity contribution is 5.72. The molecule has 1 aromatic rings. The van der Waals surface area contributed by atoms with Crippen molar-refractivity contribution in [2.24, 2.45) is 0 Å². The normalized spacial score (nSPS) is 21.3. The van der Waals surface area contributed by atoms with Gasteiger partial charge in [0, 0.05) is 61.3 Å². The third-order valence-corrected chi connectivity index (χ3v) is 7.25. The lowest BCUT2D eigenvalue weighted by Crippen LogP contribution is -2.45. The zero-order chi connectivity index (χ0) is 24.8. The van der Waals surface area contributed by atoms with Crippen molar-refractivity contribution in [1.82, 2.24) is 15.2 Å². The molecule has 184 valence electrons. The van der Waals surface area contributed by atoms with Gasteiger partial charge in [-0.25, -0.2) is 4.98 Å². The minimum atomic E-state index is 0.844. The van der Waals surface area contributed by atoms with Crippen molar-refractivity contribution in [3.63, 3.8) is 0 Å². The maximum absolute atomic E-state index is 4.76. The quantitative estimate of drug-likeness (QED) is 0.518. The molecule has 0 saturated carbocycles. The van der Waals surface area contributed by atoms with E-state index in [1.165, 1.54) is 52.8 Å². The molecule has 2 heterocycles. The fraction of sp³-hybridized carbons (Fsp3) is 0.387. The Kier molecular flexibility index (Phi) is 8.25. The first-order chi connectivity index (χ1) is 17.0. The fourth-order valence-electron chi connectivity index (χ4n) is 5.07. The van der Waals surface area contributed by atoms with Crippen molar-refractivity contribution in [2.45, 2.75) is 46.5 Å². The van der Waals surface area contributed by atoms with E-state index in [1.807, 2.05) is 6.20 Å². The molecule has 2 aliphatic carbocycles. The molecule has 1 aromatic heterocycles. The fourth-order valence-corrected chi connectivity index (χ4v) is 5.07. The van der Waals surface area contributed by atoms with Crippen molar-refractivity contribution >= 4 is 11.5 Å². The molecule has 0 unspecified atom stereocenters. The van der Waals surface area contributed by atoms with Gasteiger partial charge in [0.2, 0.25) is 0 Å². The van der Waals surface area contributed by atoms with Crippen molar-refractivity contribution in [3.05, 3.63) is 100 Å². The number of aromatic nitrogens is 1. The smallest absolute Gasteiger partial charge is 0.132 e. The van der Waals surface area contributed by atoms with Gasteiger partial charge in [0.1, 0.15) is 5.82 Å². The van der Waals surface area contributed by atoms with Crippen LogP contribution in [0.1, 0.15) is 50.7 Å². The van der Waals surface area contributed by atoms with Crippen LogP contribution < -0.4 is 10.2 Å². The molecule has 4 heteroatoms. The second-order valence-corrected chi connectivity index (χ2v) is 9.69. The number of anilines is 1. The van der Waals surface area contributed by atoms with Crippen LogP contribution in [0.15, 0.2) is 89.4 Å². The molecular weight excluding hydrogens is 428 g/mol. The SMILES string of the molecule is C=C1C=CCC(N/C(=C/C)c2ccnc(N3CCN(C)CC3)c2C)=C/C1=C/C(=CC)C1=CCCC1. The van der Waals surface area contributed by atoms with Gasteiger partial charge in [-0.15, -0.1) is 0 Å². The summed E-state index contributed by atoms with van der Waals surface area (Å²) in [5.74, 6) is 1.10. The molecule has 1 saturated heterocycles. The Labute approximate surface area is 211 Å². The molecule has 4 rings (SSSR count). The van der Waals surface area contributed by atoms with Crippen LogP contribution in [0.3, 0.4) is 0 Å². The molecule has 0 bridgehead atoms. The van der Waals surface area contributed by atoms with Crippen LogP contribution in [0.25, 0.3) is 5.70 Å². The van der Waals surface area contributed by atoms with E-state index in [0.717, 1.165) is 49.7 Å². The molecule has 0 atom stereocenters. The second-order valence-electron chi connectivity index (χ2n) is 9.69. The van der Waals surface area contributed by atoms with E-state index in [1.54, 1.807) is 0 Å². The molecule has 1 aliphatic heterocycles. The molecule has 0 aromatic carbocycles. The lowest BCUT2D eigenvalue weighted by atomic mass is 9.98. The van der Waals surface area contributed by atoms with Crippen LogP contribution in [0.5, 0.6) is 0 Å². The summed E-state index contributed by atoms with van der Waals surface area (Å²) in [7, 11) is 2.19. The van der Waals surface area contributed by atoms with Crippen LogP contribution in [0.2, 0.25) is 0 Å². The number of hydrogen-bond donors (Lipinski definition) is 1. The number of allylic oxidation sites excluding steroid dienone is 11. The third kappa shape index (κ3) is 5.94. The average Bonchev–Trinajstić information content (AvgIpc) is 3.34. The Morgan fingerprint density at radius 2 is 1.94 bits per heavy atom. The molecule has 0 radical (unpaired) electrons. The minimum Gasteiger partial charge on any atom is -0.358 e. The van der Waals surface area contributed by atoms with Crippen LogP contribution in [-0.2, 0) is 0 Å². The van der Waals surface area contributed by atoms with E-state index >= 15 is 0 Å². The van der Waals surface area contributed by atoms with Crippen molar-refractivity contribution in [1.29, 1.82) is 0 Å². The predicted molar refractivity (Wildman–Crippen MR) is 150 cm³/mol. The van der Waals surface area contributed by atoms with E-state index in [9.17, 15) is 0 Å². The number of nitrogens with zero attached hydrogens (tertiary/aromatic N) is 3. The molecule has 1 N–H and O–H groups in total. The van der Waals surface area contributed by atoms with Gasteiger partial charge in [-0.05, 0) is 87.6 Å². The Morgan fingerprint density at radius 3 is 2.63 bits per heavy atom. The Balaban J connectivity index is 1.60. The van der Waals surface area contributed by atoms with Crippen LogP contribution in [0, 0.1) is 6.92 Å². The van der Waals surface area contributed by atoms with E-state index in [2.05, 4.69) is 98.1 Å². The molecule has 3 aliphatic rings. The summed E-state index contributed by atoms with van der Waals surface area (Å²) in [5.41, 5.74) is 9.73. The van der Waals surface area contributed by atoms with Gasteiger partial charge < -0.3 is 15.1 Å². The number of rotatable bonds is 6. The largest absolute Gasteiger partial charge is 0.358 e. The predicted octanol–water partition coefficient (Wildman–Crippen LogP) is 6.48. The van der Waals surface area contributed by atoms with Crippen LogP contribution in [-0.4, -0.2) is 43.1 Å². The summed E-state index contributed by atoms with van der Waals surface area (Å²) in [6, 6.07) is 2.13. The topological polar surface area (TPSA) is 31.4 Å². The number of likely N-dealkylation sites (N-methyl/N-ethyl adjacent to an activating group) is 1. The lowest BCUT2D eigenvalue weighted by molar-refractivity contribution is 0.312. The standard InChI is InChI=1S/C31H40N4/c1-6-25(26-12-8-9-13-26)21-27-22-28(14-10-11-23(27)3)33-30(7-2)29-15-16-32-31(24(29)4)35-19-17-34(5)18-20-35/h6-7,10-12,15-16,21-22,33H,3,8-9,13-14,17-20H2,1-2,4-5H3/b25-6?,27-21-,30-7+. The summed E-state index contributed by atoms with van der Waals surface area (Å²) >= 11 is 0. The molecule has 35 heavy (non-hydrogen) atoms. The zero-order valence-corrected chi connectivity index (χ0v) is 21.9. The van der Waals surface area contributed by atoms with Crippen LogP contribution in [0.4, 0.5) is 5.82 Å². The van der Waals surface area contributed by atoms with Gasteiger partial charge in [-0.1, -0.05) is 37.0 Å². The Morgan fingerprint density at radius 1 is 1.14 bits per heavy atom. The lowest BCUT2D eigenvalue weighted by Gasteiger charge is -2.34. The first-order valence-electron chi connectivity index (χ1n) is 13.0. The van der Waals surface area contributed by atoms with Gasteiger partial charge in [0.05, 0.1) is 0 Å². The Hall–Kier alpha value is -3.11. The highest BCUT2D eigenvalue weighted by Crippen LogP contribution is 2.30. The van der Waals surface area contributed by atoms with Gasteiger partial charge in [0.15, 0.2) is 0 Å². The minimum absolute atomic E-state index is 0.844. The third-order valence-electron chi connectivity index (χ3n) is 7.25. The van der Waals surface area contributed by atoms with E-state index in [0.29, 0.717) is 0 Å². The molecule has 4 nitrogen and oxygen atoms in total. The molecular formula is C31H40N4. The van der Waals surface area contributed by atoms with Crippen LogP contribution >= 0.6 is 0 Å². The number of hydrogen-bond acceptors (Lipinski definition) is 4. The number of nitrogens with one attached hydrogen (secondary N) is 1. The van der Waals surface area contributed by atoms with E-state index < -0.39 is 0 Å². The molecule has 1 fully saturated rings. The van der Waals surface area contributed by atoms with E-state index in [-0.39, 0.29) is 0 Å². The average molecular weight is 469 g/mol. The summed E-state index contributed by atoms with van der Waals surface area (Å²) in [4.78, 5) is 9.56. The maximum Gasteiger partial charge on any atom is 0.132 e. The van der Waals surface area contributed by atoms with Crippen molar-refractivity contribution < 1.29 is 0 Å². The number of piperazine rings is 1. The highest BCUT2D eigenvalue weighted by atomic mass is 15.3. The second kappa shape index (κ2) is 11.5. The first kappa shape index (κ1) is 25.0. The highest BCUT2D eigenvalue weighted by Gasteiger charge is 2.19. The van der Waals surface area contributed by atoms with Gasteiger partial charge in [-0.2, -0.15) is 0 Å². The first-order valence-corrected chi connectivity index (χ1v) is 13.0. The maximum atomic E-state index is 4.76. The molecule has 0 amide bonds. The van der Waals surface area contributed by atoms with Gasteiger partial charge in [-0.3, -0.25) is 0 Å². The molecule has 0 spiro atoms. The summed E-state index contributed by atoms with van der Waals surface area (Å²) in [6.45, 7) is 14.9. The van der Waals surface area contributed by atoms with Crippen molar-refractivity contribution in [3.8, 4) is 0 Å². The summed E-state index contributed by atoms with van der Waals surface area (Å²) in [6.07, 6.45) is 22.1. The zero-order valence-electron chi connectivity index (χ0n) is 21.9. The number of pyridine rings is 1.